The molecule has 23 heavy (non-hydrogen) atoms. The highest BCUT2D eigenvalue weighted by Crippen LogP contribution is 2.61. The predicted octanol–water partition coefficient (Wildman–Crippen LogP) is 5.02. The van der Waals surface area contributed by atoms with Crippen LogP contribution in [0, 0.1) is 24.7 Å². The maximum atomic E-state index is 12.6. The minimum Gasteiger partial charge on any atom is -0.325 e. The number of benzene rings is 1. The number of anilines is 1. The fraction of sp³-hybridized carbons (Fsp3) is 0.650. The highest BCUT2D eigenvalue weighted by Gasteiger charge is 2.52. The Morgan fingerprint density at radius 1 is 1.17 bits per heavy atom. The first-order valence-corrected chi connectivity index (χ1v) is 9.95. The lowest BCUT2D eigenvalue weighted by Gasteiger charge is -2.57. The smallest absolute Gasteiger partial charge is 0.237 e. The topological polar surface area (TPSA) is 29.1 Å². The molecule has 3 heteroatoms. The summed E-state index contributed by atoms with van der Waals surface area (Å²) in [6, 6.07) is 8.08. The lowest BCUT2D eigenvalue weighted by atomic mass is 9.56. The molecule has 4 aliphatic rings. The van der Waals surface area contributed by atoms with Gasteiger partial charge in [-0.05, 0) is 87.8 Å². The highest BCUT2D eigenvalue weighted by molar-refractivity contribution is 8.01. The van der Waals surface area contributed by atoms with Gasteiger partial charge in [0, 0.05) is 10.4 Å². The SMILES string of the molecule is Cc1cccc(NC(=O)[C@H](C)SC23CC4CC(CC(C4)C2)C3)c1. The molecule has 0 aliphatic heterocycles. The van der Waals surface area contributed by atoms with Crippen LogP contribution in [-0.4, -0.2) is 15.9 Å². The van der Waals surface area contributed by atoms with Crippen LogP contribution < -0.4 is 5.32 Å². The van der Waals surface area contributed by atoms with Gasteiger partial charge in [-0.3, -0.25) is 4.79 Å². The molecule has 0 spiro atoms. The van der Waals surface area contributed by atoms with Gasteiger partial charge in [0.2, 0.25) is 5.91 Å². The normalized spacial score (nSPS) is 36.0. The summed E-state index contributed by atoms with van der Waals surface area (Å²) < 4.78 is 0.401. The number of nitrogens with one attached hydrogen (secondary N) is 1. The molecule has 0 unspecified atom stereocenters. The van der Waals surface area contributed by atoms with Gasteiger partial charge < -0.3 is 5.32 Å². The molecule has 2 nitrogen and oxygen atoms in total. The average molecular weight is 330 g/mol. The van der Waals surface area contributed by atoms with Crippen molar-refractivity contribution in [1.29, 1.82) is 0 Å². The van der Waals surface area contributed by atoms with Gasteiger partial charge in [0.05, 0.1) is 5.25 Å². The molecule has 0 radical (unpaired) electrons. The van der Waals surface area contributed by atoms with Crippen molar-refractivity contribution < 1.29 is 4.79 Å². The third kappa shape index (κ3) is 3.17. The summed E-state index contributed by atoms with van der Waals surface area (Å²) in [4.78, 5) is 12.6. The van der Waals surface area contributed by atoms with Gasteiger partial charge in [0.25, 0.3) is 0 Å². The number of carbonyl (C=O) groups is 1. The third-order valence-electron chi connectivity index (χ3n) is 6.06. The van der Waals surface area contributed by atoms with E-state index in [9.17, 15) is 4.79 Å². The van der Waals surface area contributed by atoms with Gasteiger partial charge in [-0.2, -0.15) is 0 Å². The van der Waals surface area contributed by atoms with Crippen molar-refractivity contribution in [2.75, 3.05) is 5.32 Å². The van der Waals surface area contributed by atoms with Gasteiger partial charge in [-0.25, -0.2) is 0 Å². The minimum atomic E-state index is 0.0340. The van der Waals surface area contributed by atoms with E-state index in [1.165, 1.54) is 44.1 Å². The molecule has 4 saturated carbocycles. The summed E-state index contributed by atoms with van der Waals surface area (Å²) in [5.41, 5.74) is 2.11. The van der Waals surface area contributed by atoms with Crippen LogP contribution in [0.3, 0.4) is 0 Å². The van der Waals surface area contributed by atoms with E-state index in [2.05, 4.69) is 25.2 Å². The van der Waals surface area contributed by atoms with Crippen molar-refractivity contribution in [3.8, 4) is 0 Å². The van der Waals surface area contributed by atoms with E-state index < -0.39 is 0 Å². The lowest BCUT2D eigenvalue weighted by molar-refractivity contribution is -0.115. The number of thioether (sulfide) groups is 1. The fourth-order valence-corrected chi connectivity index (χ4v) is 7.48. The summed E-state index contributed by atoms with van der Waals surface area (Å²) >= 11 is 1.98. The van der Waals surface area contributed by atoms with E-state index >= 15 is 0 Å². The molecular formula is C20H27NOS. The number of hydrogen-bond donors (Lipinski definition) is 1. The molecule has 1 amide bonds. The van der Waals surface area contributed by atoms with E-state index in [0.717, 1.165) is 23.4 Å². The van der Waals surface area contributed by atoms with Crippen molar-refractivity contribution in [1.82, 2.24) is 0 Å². The number of rotatable bonds is 4. The number of carbonyl (C=O) groups excluding carboxylic acids is 1. The van der Waals surface area contributed by atoms with E-state index in [1.807, 2.05) is 30.0 Å². The number of amides is 1. The van der Waals surface area contributed by atoms with Gasteiger partial charge in [0.15, 0.2) is 0 Å². The first-order chi connectivity index (χ1) is 11.0. The monoisotopic (exact) mass is 329 g/mol. The van der Waals surface area contributed by atoms with Crippen LogP contribution in [-0.2, 0) is 4.79 Å². The summed E-state index contributed by atoms with van der Waals surface area (Å²) in [7, 11) is 0. The second-order valence-corrected chi connectivity index (χ2v) is 10.0. The zero-order chi connectivity index (χ0) is 16.0. The molecule has 1 aromatic carbocycles. The molecule has 0 heterocycles. The standard InChI is InChI=1S/C20H27NOS/c1-13-4-3-5-18(6-13)21-19(22)14(2)23-20-10-15-7-16(11-20)9-17(8-15)12-20/h3-6,14-17H,7-12H2,1-2H3,(H,21,22)/t14-,15?,16?,17?,20?/m0/s1. The van der Waals surface area contributed by atoms with Crippen molar-refractivity contribution in [3.05, 3.63) is 29.8 Å². The molecule has 4 aliphatic carbocycles. The van der Waals surface area contributed by atoms with Crippen LogP contribution in [0.15, 0.2) is 24.3 Å². The molecule has 0 aromatic heterocycles. The summed E-state index contributed by atoms with van der Waals surface area (Å²) in [5.74, 6) is 3.00. The van der Waals surface area contributed by atoms with Gasteiger partial charge in [0.1, 0.15) is 0 Å². The second kappa shape index (κ2) is 5.84. The zero-order valence-corrected chi connectivity index (χ0v) is 15.0. The molecule has 124 valence electrons. The van der Waals surface area contributed by atoms with E-state index in [4.69, 9.17) is 0 Å². The largest absolute Gasteiger partial charge is 0.325 e. The Labute approximate surface area is 143 Å². The average Bonchev–Trinajstić information content (AvgIpc) is 2.45. The van der Waals surface area contributed by atoms with Gasteiger partial charge in [-0.15, -0.1) is 11.8 Å². The minimum absolute atomic E-state index is 0.0340. The van der Waals surface area contributed by atoms with Gasteiger partial charge in [-0.1, -0.05) is 12.1 Å². The summed E-state index contributed by atoms with van der Waals surface area (Å²) in [5, 5.41) is 3.14. The molecule has 0 saturated heterocycles. The van der Waals surface area contributed by atoms with E-state index in [1.54, 1.807) is 0 Å². The van der Waals surface area contributed by atoms with Crippen molar-refractivity contribution in [2.24, 2.45) is 17.8 Å². The molecule has 1 aromatic rings. The first-order valence-electron chi connectivity index (χ1n) is 9.07. The molecule has 4 bridgehead atoms. The second-order valence-electron chi connectivity index (χ2n) is 8.22. The highest BCUT2D eigenvalue weighted by atomic mass is 32.2. The van der Waals surface area contributed by atoms with Gasteiger partial charge >= 0.3 is 0 Å². The molecule has 1 atom stereocenters. The van der Waals surface area contributed by atoms with Crippen molar-refractivity contribution in [2.45, 2.75) is 62.4 Å². The first kappa shape index (κ1) is 15.6. The molecular weight excluding hydrogens is 302 g/mol. The molecule has 4 fully saturated rings. The Balaban J connectivity index is 1.41. The number of hydrogen-bond acceptors (Lipinski definition) is 2. The summed E-state index contributed by atoms with van der Waals surface area (Å²) in [6.45, 7) is 4.15. The van der Waals surface area contributed by atoms with Crippen LogP contribution in [0.5, 0.6) is 0 Å². The summed E-state index contributed by atoms with van der Waals surface area (Å²) in [6.07, 6.45) is 8.44. The van der Waals surface area contributed by atoms with Crippen LogP contribution in [0.4, 0.5) is 5.69 Å². The number of aryl methyl sites for hydroxylation is 1. The maximum absolute atomic E-state index is 12.6. The Kier molecular flexibility index (Phi) is 3.95. The predicted molar refractivity (Wildman–Crippen MR) is 97.8 cm³/mol. The Bertz CT molecular complexity index is 576. The van der Waals surface area contributed by atoms with Crippen LogP contribution in [0.2, 0.25) is 0 Å². The molecule has 1 N–H and O–H groups in total. The lowest BCUT2D eigenvalue weighted by Crippen LogP contribution is -2.49. The van der Waals surface area contributed by atoms with Crippen LogP contribution in [0.25, 0.3) is 0 Å². The third-order valence-corrected chi connectivity index (χ3v) is 7.63. The maximum Gasteiger partial charge on any atom is 0.237 e. The Morgan fingerprint density at radius 2 is 1.78 bits per heavy atom. The Hall–Kier alpha value is -0.960. The van der Waals surface area contributed by atoms with E-state index in [-0.39, 0.29) is 11.2 Å². The fourth-order valence-electron chi connectivity index (χ4n) is 5.57. The van der Waals surface area contributed by atoms with Crippen LogP contribution >= 0.6 is 11.8 Å². The van der Waals surface area contributed by atoms with Crippen LogP contribution in [0.1, 0.15) is 51.0 Å². The Morgan fingerprint density at radius 3 is 2.35 bits per heavy atom. The quantitative estimate of drug-likeness (QED) is 0.840. The van der Waals surface area contributed by atoms with Crippen molar-refractivity contribution in [3.63, 3.8) is 0 Å². The zero-order valence-electron chi connectivity index (χ0n) is 14.2. The van der Waals surface area contributed by atoms with E-state index in [0.29, 0.717) is 4.75 Å². The molecule has 5 rings (SSSR count). The van der Waals surface area contributed by atoms with Crippen molar-refractivity contribution >= 4 is 23.4 Å².